The van der Waals surface area contributed by atoms with Gasteiger partial charge in [-0.2, -0.15) is 5.10 Å². The number of aryl methyl sites for hydroxylation is 2. The molecule has 0 saturated heterocycles. The summed E-state index contributed by atoms with van der Waals surface area (Å²) in [7, 11) is -3.38. The van der Waals surface area contributed by atoms with Crippen LogP contribution in [0.5, 0.6) is 0 Å². The van der Waals surface area contributed by atoms with Crippen LogP contribution in [-0.2, 0) is 10.0 Å². The molecule has 0 amide bonds. The first kappa shape index (κ1) is 15.0. The molecule has 6 nitrogen and oxygen atoms in total. The monoisotopic (exact) mass is 274 g/mol. The highest BCUT2D eigenvalue weighted by Crippen LogP contribution is 2.18. The normalized spacial score (nSPS) is 13.6. The summed E-state index contributed by atoms with van der Waals surface area (Å²) in [5.74, 6) is 0. The van der Waals surface area contributed by atoms with Crippen molar-refractivity contribution in [1.82, 2.24) is 15.5 Å². The second kappa shape index (κ2) is 6.19. The molecule has 1 unspecified atom stereocenters. The average Bonchev–Trinajstić information content (AvgIpc) is 2.60. The molecule has 0 aliphatic carbocycles. The molecule has 3 N–H and O–H groups in total. The molecule has 0 aromatic carbocycles. The Morgan fingerprint density at radius 3 is 2.56 bits per heavy atom. The average molecular weight is 274 g/mol. The van der Waals surface area contributed by atoms with E-state index < -0.39 is 15.3 Å². The number of aromatic amines is 1. The van der Waals surface area contributed by atoms with Gasteiger partial charge in [-0.1, -0.05) is 6.92 Å². The van der Waals surface area contributed by atoms with Crippen LogP contribution in [0.1, 0.15) is 31.7 Å². The first-order valence-corrected chi connectivity index (χ1v) is 7.67. The number of nitrogens with one attached hydrogen (secondary N) is 3. The SMILES string of the molecule is CCCNCC(C)S(=O)(=O)Nc1c(C)n[nH]c1C. The van der Waals surface area contributed by atoms with Crippen molar-refractivity contribution < 1.29 is 8.42 Å². The van der Waals surface area contributed by atoms with Crippen LogP contribution < -0.4 is 10.0 Å². The highest BCUT2D eigenvalue weighted by Gasteiger charge is 2.22. The van der Waals surface area contributed by atoms with Gasteiger partial charge in [0.05, 0.1) is 22.3 Å². The van der Waals surface area contributed by atoms with Gasteiger partial charge in [0, 0.05) is 6.54 Å². The van der Waals surface area contributed by atoms with E-state index in [4.69, 9.17) is 0 Å². The van der Waals surface area contributed by atoms with Gasteiger partial charge < -0.3 is 5.32 Å². The maximum atomic E-state index is 12.1. The quantitative estimate of drug-likeness (QED) is 0.651. The van der Waals surface area contributed by atoms with E-state index in [2.05, 4.69) is 20.2 Å². The summed E-state index contributed by atoms with van der Waals surface area (Å²) < 4.78 is 26.8. The van der Waals surface area contributed by atoms with Crippen LogP contribution in [0.2, 0.25) is 0 Å². The van der Waals surface area contributed by atoms with E-state index in [9.17, 15) is 8.42 Å². The molecule has 0 aliphatic heterocycles. The van der Waals surface area contributed by atoms with Crippen molar-refractivity contribution in [3.8, 4) is 0 Å². The van der Waals surface area contributed by atoms with E-state index in [1.807, 2.05) is 6.92 Å². The summed E-state index contributed by atoms with van der Waals surface area (Å²) in [5, 5.41) is 9.34. The Morgan fingerprint density at radius 1 is 1.39 bits per heavy atom. The predicted molar refractivity (Wildman–Crippen MR) is 73.2 cm³/mol. The number of hydrogen-bond acceptors (Lipinski definition) is 4. The molecule has 1 atom stereocenters. The second-order valence-electron chi connectivity index (χ2n) is 4.47. The summed E-state index contributed by atoms with van der Waals surface area (Å²) in [6, 6.07) is 0. The smallest absolute Gasteiger partial charge is 0.236 e. The van der Waals surface area contributed by atoms with Gasteiger partial charge in [0.25, 0.3) is 0 Å². The van der Waals surface area contributed by atoms with Crippen LogP contribution in [0.4, 0.5) is 5.69 Å². The maximum Gasteiger partial charge on any atom is 0.236 e. The zero-order chi connectivity index (χ0) is 13.8. The van der Waals surface area contributed by atoms with Gasteiger partial charge in [-0.15, -0.1) is 0 Å². The van der Waals surface area contributed by atoms with Gasteiger partial charge in [0.15, 0.2) is 0 Å². The van der Waals surface area contributed by atoms with E-state index in [0.29, 0.717) is 17.9 Å². The van der Waals surface area contributed by atoms with Crippen molar-refractivity contribution in [2.45, 2.75) is 39.4 Å². The zero-order valence-electron chi connectivity index (χ0n) is 11.4. The maximum absolute atomic E-state index is 12.1. The Bertz CT molecular complexity index is 462. The van der Waals surface area contributed by atoms with Gasteiger partial charge >= 0.3 is 0 Å². The number of sulfonamides is 1. The van der Waals surface area contributed by atoms with Gasteiger partial charge in [-0.3, -0.25) is 9.82 Å². The third kappa shape index (κ3) is 3.71. The lowest BCUT2D eigenvalue weighted by Gasteiger charge is -2.15. The van der Waals surface area contributed by atoms with Gasteiger partial charge in [-0.05, 0) is 33.7 Å². The molecule has 1 heterocycles. The van der Waals surface area contributed by atoms with Crippen LogP contribution in [0, 0.1) is 13.8 Å². The molecule has 0 saturated carbocycles. The van der Waals surface area contributed by atoms with E-state index in [1.165, 1.54) is 0 Å². The molecule has 7 heteroatoms. The predicted octanol–water partition coefficient (Wildman–Crippen LogP) is 1.16. The van der Waals surface area contributed by atoms with Crippen molar-refractivity contribution in [3.63, 3.8) is 0 Å². The first-order chi connectivity index (χ1) is 8.38. The molecular formula is C11H22N4O2S. The number of aromatic nitrogens is 2. The minimum Gasteiger partial charge on any atom is -0.315 e. The molecule has 18 heavy (non-hydrogen) atoms. The second-order valence-corrected chi connectivity index (χ2v) is 6.57. The third-order valence-corrected chi connectivity index (χ3v) is 4.48. The van der Waals surface area contributed by atoms with Crippen molar-refractivity contribution in [2.75, 3.05) is 17.8 Å². The largest absolute Gasteiger partial charge is 0.315 e. The van der Waals surface area contributed by atoms with Gasteiger partial charge in [-0.25, -0.2) is 8.42 Å². The molecule has 1 rings (SSSR count). The summed E-state index contributed by atoms with van der Waals surface area (Å²) in [5.41, 5.74) is 1.94. The number of anilines is 1. The summed E-state index contributed by atoms with van der Waals surface area (Å²) in [6.07, 6.45) is 0.986. The number of nitrogens with zero attached hydrogens (tertiary/aromatic N) is 1. The molecule has 1 aromatic rings. The number of H-pyrrole nitrogens is 1. The highest BCUT2D eigenvalue weighted by atomic mass is 32.2. The number of hydrogen-bond donors (Lipinski definition) is 3. The van der Waals surface area contributed by atoms with Crippen LogP contribution in [0.3, 0.4) is 0 Å². The molecule has 0 bridgehead atoms. The Balaban J connectivity index is 2.70. The minimum atomic E-state index is -3.38. The minimum absolute atomic E-state index is 0.444. The third-order valence-electron chi connectivity index (χ3n) is 2.76. The van der Waals surface area contributed by atoms with Crippen molar-refractivity contribution >= 4 is 15.7 Å². The summed E-state index contributed by atoms with van der Waals surface area (Å²) >= 11 is 0. The van der Waals surface area contributed by atoms with E-state index in [1.54, 1.807) is 20.8 Å². The zero-order valence-corrected chi connectivity index (χ0v) is 12.2. The van der Waals surface area contributed by atoms with Crippen LogP contribution in [-0.4, -0.2) is 37.0 Å². The first-order valence-electron chi connectivity index (χ1n) is 6.12. The highest BCUT2D eigenvalue weighted by molar-refractivity contribution is 7.93. The van der Waals surface area contributed by atoms with Crippen LogP contribution in [0.25, 0.3) is 0 Å². The van der Waals surface area contributed by atoms with Crippen LogP contribution in [0.15, 0.2) is 0 Å². The lowest BCUT2D eigenvalue weighted by molar-refractivity contribution is 0.575. The summed E-state index contributed by atoms with van der Waals surface area (Å²) in [6.45, 7) is 8.56. The molecule has 0 aliphatic rings. The van der Waals surface area contributed by atoms with E-state index >= 15 is 0 Å². The molecule has 104 valence electrons. The van der Waals surface area contributed by atoms with Crippen LogP contribution >= 0.6 is 0 Å². The Morgan fingerprint density at radius 2 is 2.06 bits per heavy atom. The standard InChI is InChI=1S/C11H22N4O2S/c1-5-6-12-7-8(2)18(16,17)15-11-9(3)13-14-10(11)4/h8,12,15H,5-7H2,1-4H3,(H,13,14). The fraction of sp³-hybridized carbons (Fsp3) is 0.727. The number of rotatable bonds is 7. The topological polar surface area (TPSA) is 86.9 Å². The van der Waals surface area contributed by atoms with Crippen molar-refractivity contribution in [2.24, 2.45) is 0 Å². The Kier molecular flexibility index (Phi) is 5.15. The Labute approximate surface area is 109 Å². The van der Waals surface area contributed by atoms with Crippen molar-refractivity contribution in [1.29, 1.82) is 0 Å². The lowest BCUT2D eigenvalue weighted by Crippen LogP contribution is -2.35. The lowest BCUT2D eigenvalue weighted by atomic mass is 10.3. The fourth-order valence-corrected chi connectivity index (χ4v) is 2.66. The van der Waals surface area contributed by atoms with Gasteiger partial charge in [0.2, 0.25) is 10.0 Å². The van der Waals surface area contributed by atoms with E-state index in [-0.39, 0.29) is 0 Å². The summed E-state index contributed by atoms with van der Waals surface area (Å²) in [4.78, 5) is 0. The molecule has 0 fully saturated rings. The van der Waals surface area contributed by atoms with Gasteiger partial charge in [0.1, 0.15) is 0 Å². The fourth-order valence-electron chi connectivity index (χ4n) is 1.54. The molecule has 1 aromatic heterocycles. The van der Waals surface area contributed by atoms with E-state index in [0.717, 1.165) is 18.7 Å². The molecule has 0 radical (unpaired) electrons. The Hall–Kier alpha value is -1.08. The molecular weight excluding hydrogens is 252 g/mol. The van der Waals surface area contributed by atoms with Crippen molar-refractivity contribution in [3.05, 3.63) is 11.4 Å². The molecule has 0 spiro atoms.